The summed E-state index contributed by atoms with van der Waals surface area (Å²) in [6.45, 7) is 1.59. The molecular weight excluding hydrogens is 310 g/mol. The zero-order valence-corrected chi connectivity index (χ0v) is 12.6. The minimum absolute atomic E-state index is 0.00541. The number of rotatable bonds is 3. The second kappa shape index (κ2) is 4.73. The van der Waals surface area contributed by atoms with Crippen LogP contribution in [0, 0.1) is 0 Å². The first-order valence-electron chi connectivity index (χ1n) is 5.63. The number of nitrogens with one attached hydrogen (secondary N) is 1. The van der Waals surface area contributed by atoms with Crippen LogP contribution in [0.25, 0.3) is 0 Å². The summed E-state index contributed by atoms with van der Waals surface area (Å²) in [5.74, 6) is -0.196. The normalized spacial score (nSPS) is 26.4. The van der Waals surface area contributed by atoms with Crippen LogP contribution in [-0.2, 0) is 19.9 Å². The van der Waals surface area contributed by atoms with Gasteiger partial charge in [-0.2, -0.15) is 0 Å². The summed E-state index contributed by atoms with van der Waals surface area (Å²) in [6, 6.07) is 6.05. The van der Waals surface area contributed by atoms with E-state index in [9.17, 15) is 16.8 Å². The molecule has 1 aromatic carbocycles. The van der Waals surface area contributed by atoms with Gasteiger partial charge in [-0.05, 0) is 25.5 Å². The van der Waals surface area contributed by atoms with Crippen molar-refractivity contribution in [1.82, 2.24) is 4.72 Å². The van der Waals surface area contributed by atoms with Gasteiger partial charge in [-0.15, -0.1) is 0 Å². The lowest BCUT2D eigenvalue weighted by Gasteiger charge is -2.23. The molecule has 1 atom stereocenters. The second-order valence-corrected chi connectivity index (χ2v) is 9.18. The maximum absolute atomic E-state index is 12.2. The number of hydrogen-bond acceptors (Lipinski definition) is 4. The Balaban J connectivity index is 2.31. The van der Waals surface area contributed by atoms with E-state index in [0.29, 0.717) is 0 Å². The van der Waals surface area contributed by atoms with Crippen LogP contribution in [0.5, 0.6) is 0 Å². The zero-order valence-electron chi connectivity index (χ0n) is 10.3. The van der Waals surface area contributed by atoms with Crippen molar-refractivity contribution in [2.45, 2.75) is 23.8 Å². The first-order chi connectivity index (χ1) is 8.64. The monoisotopic (exact) mass is 323 g/mol. The lowest BCUT2D eigenvalue weighted by molar-refractivity contribution is 0.462. The third-order valence-corrected chi connectivity index (χ3v) is 7.05. The number of sulfone groups is 1. The highest BCUT2D eigenvalue weighted by Crippen LogP contribution is 2.27. The predicted molar refractivity (Wildman–Crippen MR) is 73.4 cm³/mol. The maximum Gasteiger partial charge on any atom is 0.242 e. The van der Waals surface area contributed by atoms with Crippen LogP contribution in [0.4, 0.5) is 0 Å². The van der Waals surface area contributed by atoms with Gasteiger partial charge in [0, 0.05) is 5.54 Å². The van der Waals surface area contributed by atoms with Gasteiger partial charge in [-0.1, -0.05) is 23.7 Å². The van der Waals surface area contributed by atoms with Crippen molar-refractivity contribution in [2.75, 3.05) is 11.5 Å². The molecule has 0 spiro atoms. The molecular formula is C11H14ClNO4S2. The highest BCUT2D eigenvalue weighted by molar-refractivity contribution is 7.92. The summed E-state index contributed by atoms with van der Waals surface area (Å²) in [7, 11) is -7.01. The molecule has 0 bridgehead atoms. The molecule has 8 heteroatoms. The Morgan fingerprint density at radius 1 is 1.32 bits per heavy atom. The summed E-state index contributed by atoms with van der Waals surface area (Å²) in [6.07, 6.45) is 0.263. The molecule has 0 radical (unpaired) electrons. The van der Waals surface area contributed by atoms with Crippen LogP contribution in [0.15, 0.2) is 29.2 Å². The average Bonchev–Trinajstić information content (AvgIpc) is 2.52. The van der Waals surface area contributed by atoms with Gasteiger partial charge in [0.2, 0.25) is 10.0 Å². The summed E-state index contributed by atoms with van der Waals surface area (Å²) < 4.78 is 49.9. The van der Waals surface area contributed by atoms with Crippen LogP contribution in [0.2, 0.25) is 5.02 Å². The average molecular weight is 324 g/mol. The fourth-order valence-corrected chi connectivity index (χ4v) is 6.27. The molecule has 1 N–H and O–H groups in total. The number of sulfonamides is 1. The first-order valence-corrected chi connectivity index (χ1v) is 9.31. The lowest BCUT2D eigenvalue weighted by Crippen LogP contribution is -2.46. The van der Waals surface area contributed by atoms with Crippen LogP contribution in [0.1, 0.15) is 13.3 Å². The molecule has 1 fully saturated rings. The van der Waals surface area contributed by atoms with Gasteiger partial charge in [-0.3, -0.25) is 0 Å². The SMILES string of the molecule is CC1(NS(=O)(=O)c2ccccc2Cl)CCS(=O)(=O)C1. The van der Waals surface area contributed by atoms with E-state index in [4.69, 9.17) is 11.6 Å². The first kappa shape index (κ1) is 14.8. The molecule has 1 aromatic rings. The zero-order chi connectivity index (χ0) is 14.3. The Labute approximate surface area is 117 Å². The highest BCUT2D eigenvalue weighted by atomic mass is 35.5. The van der Waals surface area contributed by atoms with Gasteiger partial charge in [0.15, 0.2) is 9.84 Å². The van der Waals surface area contributed by atoms with Gasteiger partial charge in [-0.25, -0.2) is 21.6 Å². The molecule has 0 aromatic heterocycles. The second-order valence-electron chi connectivity index (χ2n) is 4.94. The van der Waals surface area contributed by atoms with Crippen LogP contribution >= 0.6 is 11.6 Å². The molecule has 2 rings (SSSR count). The van der Waals surface area contributed by atoms with Crippen molar-refractivity contribution in [1.29, 1.82) is 0 Å². The van der Waals surface area contributed by atoms with Crippen LogP contribution in [-0.4, -0.2) is 33.9 Å². The van der Waals surface area contributed by atoms with Crippen molar-refractivity contribution in [3.05, 3.63) is 29.3 Å². The van der Waals surface area contributed by atoms with E-state index in [1.807, 2.05) is 0 Å². The number of halogens is 1. The molecule has 1 aliphatic heterocycles. The summed E-state index contributed by atoms with van der Waals surface area (Å²) in [5, 5.41) is 0.111. The van der Waals surface area contributed by atoms with Crippen molar-refractivity contribution in [3.8, 4) is 0 Å². The Kier molecular flexibility index (Phi) is 3.68. The standard InChI is InChI=1S/C11H14ClNO4S2/c1-11(6-7-18(14,15)8-11)13-19(16,17)10-5-3-2-4-9(10)12/h2-5,13H,6-8H2,1H3. The molecule has 1 saturated heterocycles. The van der Waals surface area contributed by atoms with E-state index in [-0.39, 0.29) is 27.8 Å². The number of hydrogen-bond donors (Lipinski definition) is 1. The third kappa shape index (κ3) is 3.28. The number of benzene rings is 1. The minimum atomic E-state index is -3.83. The van der Waals surface area contributed by atoms with Gasteiger partial charge in [0.05, 0.1) is 16.5 Å². The smallest absolute Gasteiger partial charge is 0.229 e. The van der Waals surface area contributed by atoms with Crippen LogP contribution < -0.4 is 4.72 Å². The summed E-state index contributed by atoms with van der Waals surface area (Å²) in [5.41, 5.74) is -0.975. The van der Waals surface area contributed by atoms with Gasteiger partial charge in [0.1, 0.15) is 4.90 Å². The minimum Gasteiger partial charge on any atom is -0.229 e. The van der Waals surface area contributed by atoms with E-state index in [1.165, 1.54) is 12.1 Å². The molecule has 0 saturated carbocycles. The van der Waals surface area contributed by atoms with E-state index in [1.54, 1.807) is 19.1 Å². The van der Waals surface area contributed by atoms with E-state index in [0.717, 1.165) is 0 Å². The molecule has 0 aliphatic carbocycles. The Hall–Kier alpha value is -0.630. The Morgan fingerprint density at radius 3 is 2.47 bits per heavy atom. The van der Waals surface area contributed by atoms with E-state index >= 15 is 0 Å². The molecule has 1 aliphatic rings. The Bertz CT molecular complexity index is 699. The lowest BCUT2D eigenvalue weighted by atomic mass is 10.0. The topological polar surface area (TPSA) is 80.3 Å². The summed E-state index contributed by atoms with van der Waals surface area (Å²) in [4.78, 5) is -0.0396. The van der Waals surface area contributed by atoms with Gasteiger partial charge < -0.3 is 0 Å². The molecule has 5 nitrogen and oxygen atoms in total. The van der Waals surface area contributed by atoms with E-state index < -0.39 is 25.4 Å². The van der Waals surface area contributed by atoms with Crippen molar-refractivity contribution >= 4 is 31.5 Å². The summed E-state index contributed by atoms with van der Waals surface area (Å²) >= 11 is 5.86. The maximum atomic E-state index is 12.2. The van der Waals surface area contributed by atoms with Gasteiger partial charge >= 0.3 is 0 Å². The molecule has 19 heavy (non-hydrogen) atoms. The Morgan fingerprint density at radius 2 is 1.95 bits per heavy atom. The van der Waals surface area contributed by atoms with Crippen LogP contribution in [0.3, 0.4) is 0 Å². The quantitative estimate of drug-likeness (QED) is 0.906. The van der Waals surface area contributed by atoms with Gasteiger partial charge in [0.25, 0.3) is 0 Å². The highest BCUT2D eigenvalue weighted by Gasteiger charge is 2.41. The molecule has 0 amide bonds. The van der Waals surface area contributed by atoms with Crippen molar-refractivity contribution < 1.29 is 16.8 Å². The largest absolute Gasteiger partial charge is 0.242 e. The predicted octanol–water partition coefficient (Wildman–Crippen LogP) is 1.20. The fraction of sp³-hybridized carbons (Fsp3) is 0.455. The van der Waals surface area contributed by atoms with E-state index in [2.05, 4.69) is 4.72 Å². The third-order valence-electron chi connectivity index (χ3n) is 3.01. The molecule has 1 heterocycles. The fourth-order valence-electron chi connectivity index (χ4n) is 2.13. The van der Waals surface area contributed by atoms with Crippen molar-refractivity contribution in [3.63, 3.8) is 0 Å². The van der Waals surface area contributed by atoms with Crippen molar-refractivity contribution in [2.24, 2.45) is 0 Å². The molecule has 1 unspecified atom stereocenters. The molecule has 106 valence electrons.